The molecule has 0 unspecified atom stereocenters. The fourth-order valence-corrected chi connectivity index (χ4v) is 0.144. The molecule has 0 heterocycles. The monoisotopic (exact) mass is 298 g/mol. The molecule has 0 aliphatic heterocycles. The van der Waals surface area contributed by atoms with Gasteiger partial charge in [-0.05, 0) is 6.54 Å². The van der Waals surface area contributed by atoms with Crippen LogP contribution in [0.3, 0.4) is 0 Å². The Morgan fingerprint density at radius 1 is 1.60 bits per heavy atom. The summed E-state index contributed by atoms with van der Waals surface area (Å²) >= 11 is 0. The Balaban J connectivity index is -0.0000000326. The first-order valence-electron chi connectivity index (χ1n) is 2.34. The average molecular weight is 298 g/mol. The van der Waals surface area contributed by atoms with Crippen molar-refractivity contribution in [2.75, 3.05) is 6.54 Å². The molecule has 0 aliphatic carbocycles. The summed E-state index contributed by atoms with van der Waals surface area (Å²) in [5.41, 5.74) is 5.10. The van der Waals surface area contributed by atoms with E-state index in [2.05, 4.69) is 6.92 Å². The van der Waals surface area contributed by atoms with Crippen LogP contribution in [0.15, 0.2) is 0 Å². The van der Waals surface area contributed by atoms with Crippen LogP contribution in [0.1, 0.15) is 12.8 Å². The number of hydrogen-bond acceptors (Lipinski definition) is 2. The molecule has 0 aromatic heterocycles. The molecule has 4 nitrogen and oxygen atoms in total. The normalized spacial score (nSPS) is 5.40. The minimum absolute atomic E-state index is 0. The summed E-state index contributed by atoms with van der Waals surface area (Å²) in [5.74, 6) is 0. The summed E-state index contributed by atoms with van der Waals surface area (Å²) in [7, 11) is 0. The number of nitrogens with two attached hydrogens (primary N) is 2. The predicted octanol–water partition coefficient (Wildman–Crippen LogP) is 0.888. The Hall–Kier alpha value is 0.650. The molecule has 5 N–H and O–H groups in total. The Morgan fingerprint density at radius 3 is 1.90 bits per heavy atom. The summed E-state index contributed by atoms with van der Waals surface area (Å²) in [6, 6.07) is 0. The first-order valence-corrected chi connectivity index (χ1v) is 2.34. The van der Waals surface area contributed by atoms with Gasteiger partial charge in [-0.3, -0.25) is 0 Å². The molecule has 0 fully saturated rings. The van der Waals surface area contributed by atoms with Gasteiger partial charge in [-0.25, -0.2) is 0 Å². The second-order valence-electron chi connectivity index (χ2n) is 1.09. The van der Waals surface area contributed by atoms with E-state index in [0.29, 0.717) is 6.47 Å². The van der Waals surface area contributed by atoms with E-state index in [9.17, 15) is 0 Å². The molecular formula is C5H13HoN2O2. The van der Waals surface area contributed by atoms with Gasteiger partial charge in [0.15, 0.2) is 0 Å². The third-order valence-electron chi connectivity index (χ3n) is 0.454. The molecule has 0 spiro atoms. The summed E-state index contributed by atoms with van der Waals surface area (Å²) in [6.07, 6.45) is 2.02. The van der Waals surface area contributed by atoms with Crippen molar-refractivity contribution in [2.24, 2.45) is 5.73 Å². The number of aliphatic hydroxyl groups excluding tert-OH is 1. The second-order valence-corrected chi connectivity index (χ2v) is 1.09. The summed E-state index contributed by atoms with van der Waals surface area (Å²) in [5, 5.41) is 6.76. The van der Waals surface area contributed by atoms with Crippen LogP contribution in [0, 0.1) is 44.7 Å². The van der Waals surface area contributed by atoms with Gasteiger partial charge in [0.2, 0.25) is 0 Å². The van der Waals surface area contributed by atoms with Crippen molar-refractivity contribution in [3.8, 4) is 0 Å². The van der Waals surface area contributed by atoms with Crippen LogP contribution in [0.5, 0.6) is 0 Å². The van der Waals surface area contributed by atoms with Crippen LogP contribution in [-0.4, -0.2) is 18.1 Å². The van der Waals surface area contributed by atoms with Crippen LogP contribution >= 0.6 is 0 Å². The van der Waals surface area contributed by atoms with E-state index in [1.165, 1.54) is 0 Å². The van der Waals surface area contributed by atoms with Gasteiger partial charge in [0.1, 0.15) is 0 Å². The fourth-order valence-electron chi connectivity index (χ4n) is 0.144. The molecule has 66 valence electrons. The van der Waals surface area contributed by atoms with Gasteiger partial charge in [-0.2, -0.15) is 6.42 Å². The zero-order valence-electron chi connectivity index (χ0n) is 5.64. The van der Waals surface area contributed by atoms with E-state index < -0.39 is 0 Å². The van der Waals surface area contributed by atoms with Crippen molar-refractivity contribution < 1.29 is 47.6 Å². The van der Waals surface area contributed by atoms with Crippen molar-refractivity contribution in [2.45, 2.75) is 12.8 Å². The molecular weight excluding hydrogens is 285 g/mol. The molecule has 5 heteroatoms. The molecule has 0 aromatic rings. The van der Waals surface area contributed by atoms with E-state index in [0.717, 1.165) is 19.4 Å². The number of unbranched alkanes of at least 4 members (excludes halogenated alkanes) is 1. The van der Waals surface area contributed by atoms with Gasteiger partial charge in [-0.1, -0.05) is 12.9 Å². The molecule has 0 saturated heterocycles. The molecule has 0 atom stereocenters. The summed E-state index contributed by atoms with van der Waals surface area (Å²) in [6.45, 7) is 4.88. The van der Waals surface area contributed by atoms with Gasteiger partial charge >= 0.3 is 37.7 Å². The molecule has 0 amide bonds. The third kappa shape index (κ3) is 72.1. The first-order chi connectivity index (χ1) is 3.83. The average Bonchev–Trinajstić information content (AvgIpc) is 1.71. The molecule has 0 saturated carbocycles. The molecule has 0 rings (SSSR count). The smallest absolute Gasteiger partial charge is 0.693 e. The standard InChI is InChI=1S/C4H10N.CHO2.Ho.H2N/c1-2-3-4-5;2-1-3;;/h1-5H2;(H,2,3);;1H2/q2*-1;+3;-1. The van der Waals surface area contributed by atoms with Crippen LogP contribution in [0.2, 0.25) is 0 Å². The molecule has 0 aliphatic rings. The zero-order valence-corrected chi connectivity index (χ0v) is 7.57. The summed E-state index contributed by atoms with van der Waals surface area (Å²) < 4.78 is 0. The predicted molar refractivity (Wildman–Crippen MR) is 37.3 cm³/mol. The van der Waals surface area contributed by atoms with E-state index in [4.69, 9.17) is 15.6 Å². The Morgan fingerprint density at radius 2 is 1.90 bits per heavy atom. The van der Waals surface area contributed by atoms with Gasteiger partial charge < -0.3 is 28.7 Å². The molecule has 0 aromatic carbocycles. The van der Waals surface area contributed by atoms with E-state index in [-0.39, 0.29) is 43.9 Å². The zero-order chi connectivity index (χ0) is 6.83. The van der Waals surface area contributed by atoms with Gasteiger partial charge in [0, 0.05) is 0 Å². The van der Waals surface area contributed by atoms with Crippen molar-refractivity contribution in [3.05, 3.63) is 13.1 Å². The van der Waals surface area contributed by atoms with Crippen molar-refractivity contribution >= 4 is 6.47 Å². The maximum atomic E-state index is 8.24. The minimum atomic E-state index is 0. The summed E-state index contributed by atoms with van der Waals surface area (Å²) in [4.78, 5) is 8.24. The fraction of sp³-hybridized carbons (Fsp3) is 0.600. The Labute approximate surface area is 91.8 Å². The molecule has 0 radical (unpaired) electrons. The minimum Gasteiger partial charge on any atom is -0.693 e. The third-order valence-corrected chi connectivity index (χ3v) is 0.454. The van der Waals surface area contributed by atoms with Crippen molar-refractivity contribution in [1.82, 2.24) is 0 Å². The SMILES string of the molecule is O=[C-]O.[CH2-]CCCN.[Ho+3].[NH2-]. The largest absolute Gasteiger partial charge is 3.00 e. The number of hydrogen-bond donors (Lipinski definition) is 2. The van der Waals surface area contributed by atoms with Crippen molar-refractivity contribution in [3.63, 3.8) is 0 Å². The van der Waals surface area contributed by atoms with Gasteiger partial charge in [0.25, 0.3) is 0 Å². The quantitative estimate of drug-likeness (QED) is 0.585. The molecule has 0 bridgehead atoms. The Kier molecular flexibility index (Phi) is 74.9. The topological polar surface area (TPSA) is 96.8 Å². The maximum Gasteiger partial charge on any atom is 3.00 e. The van der Waals surface area contributed by atoms with Crippen LogP contribution in [0.4, 0.5) is 0 Å². The van der Waals surface area contributed by atoms with Crippen LogP contribution in [-0.2, 0) is 4.79 Å². The molecule has 10 heavy (non-hydrogen) atoms. The maximum absolute atomic E-state index is 8.24. The Bertz CT molecular complexity index is 44.6. The van der Waals surface area contributed by atoms with E-state index >= 15 is 0 Å². The van der Waals surface area contributed by atoms with Crippen LogP contribution in [0.25, 0.3) is 6.15 Å². The van der Waals surface area contributed by atoms with Crippen molar-refractivity contribution in [1.29, 1.82) is 0 Å². The van der Waals surface area contributed by atoms with E-state index in [1.54, 1.807) is 0 Å². The first kappa shape index (κ1) is 22.4. The van der Waals surface area contributed by atoms with Gasteiger partial charge in [0.05, 0.1) is 0 Å². The van der Waals surface area contributed by atoms with Gasteiger partial charge in [-0.15, -0.1) is 0 Å². The number of rotatable bonds is 2. The van der Waals surface area contributed by atoms with E-state index in [1.807, 2.05) is 0 Å². The van der Waals surface area contributed by atoms with Crippen LogP contribution < -0.4 is 5.73 Å². The second kappa shape index (κ2) is 33.4.